The van der Waals surface area contributed by atoms with Gasteiger partial charge in [0, 0.05) is 18.4 Å². The van der Waals surface area contributed by atoms with E-state index < -0.39 is 11.8 Å². The molecule has 0 aliphatic carbocycles. The summed E-state index contributed by atoms with van der Waals surface area (Å²) in [6.45, 7) is 1.31. The molecule has 7 heteroatoms. The van der Waals surface area contributed by atoms with Crippen molar-refractivity contribution < 1.29 is 9.59 Å². The average Bonchev–Trinajstić information content (AvgIpc) is 2.34. The summed E-state index contributed by atoms with van der Waals surface area (Å²) in [7, 11) is 3.89. The molecule has 1 aromatic heterocycles. The summed E-state index contributed by atoms with van der Waals surface area (Å²) < 4.78 is 0. The standard InChI is InChI=1S/C12H17ClN4O2/c1-17(2)7-3-5-15-11(18)12(19)16-9-4-6-14-10(13)8-9/h4,6,8H,3,5,7H2,1-2H3,(H,15,18)(H,14,16,19). The predicted molar refractivity (Wildman–Crippen MR) is 74.1 cm³/mol. The van der Waals surface area contributed by atoms with Gasteiger partial charge in [-0.05, 0) is 39.2 Å². The van der Waals surface area contributed by atoms with Crippen molar-refractivity contribution in [2.75, 3.05) is 32.5 Å². The maximum atomic E-state index is 11.6. The van der Waals surface area contributed by atoms with Gasteiger partial charge in [0.25, 0.3) is 0 Å². The maximum Gasteiger partial charge on any atom is 0.313 e. The summed E-state index contributed by atoms with van der Waals surface area (Å²) in [5, 5.41) is 5.25. The molecule has 0 aliphatic heterocycles. The van der Waals surface area contributed by atoms with Gasteiger partial charge in [0.2, 0.25) is 0 Å². The number of carbonyl (C=O) groups excluding carboxylic acids is 2. The summed E-state index contributed by atoms with van der Waals surface area (Å²) >= 11 is 5.67. The van der Waals surface area contributed by atoms with Crippen LogP contribution in [0.15, 0.2) is 18.3 Å². The Morgan fingerprint density at radius 2 is 2.11 bits per heavy atom. The van der Waals surface area contributed by atoms with Gasteiger partial charge in [-0.1, -0.05) is 11.6 Å². The van der Waals surface area contributed by atoms with E-state index in [-0.39, 0.29) is 5.15 Å². The van der Waals surface area contributed by atoms with E-state index in [4.69, 9.17) is 11.6 Å². The van der Waals surface area contributed by atoms with Crippen LogP contribution in [0.1, 0.15) is 6.42 Å². The summed E-state index contributed by atoms with van der Waals surface area (Å²) in [6, 6.07) is 3.03. The summed E-state index contributed by atoms with van der Waals surface area (Å²) in [5.74, 6) is -1.38. The number of nitrogens with zero attached hydrogens (tertiary/aromatic N) is 2. The third-order valence-electron chi connectivity index (χ3n) is 2.26. The number of anilines is 1. The number of pyridine rings is 1. The molecule has 104 valence electrons. The Labute approximate surface area is 117 Å². The van der Waals surface area contributed by atoms with Gasteiger partial charge in [-0.15, -0.1) is 0 Å². The minimum Gasteiger partial charge on any atom is -0.348 e. The number of halogens is 1. The molecule has 0 saturated carbocycles. The Balaban J connectivity index is 2.35. The van der Waals surface area contributed by atoms with E-state index in [1.165, 1.54) is 12.3 Å². The summed E-state index contributed by atoms with van der Waals surface area (Å²) in [5.41, 5.74) is 0.438. The highest BCUT2D eigenvalue weighted by atomic mass is 35.5. The molecule has 19 heavy (non-hydrogen) atoms. The van der Waals surface area contributed by atoms with Gasteiger partial charge < -0.3 is 15.5 Å². The first kappa shape index (κ1) is 15.4. The highest BCUT2D eigenvalue weighted by molar-refractivity contribution is 6.39. The number of hydrogen-bond donors (Lipinski definition) is 2. The molecule has 0 bridgehead atoms. The molecule has 0 spiro atoms. The zero-order valence-electron chi connectivity index (χ0n) is 10.9. The number of aromatic nitrogens is 1. The number of carbonyl (C=O) groups is 2. The van der Waals surface area contributed by atoms with Crippen molar-refractivity contribution in [3.05, 3.63) is 23.5 Å². The van der Waals surface area contributed by atoms with Crippen molar-refractivity contribution in [2.45, 2.75) is 6.42 Å². The first-order chi connectivity index (χ1) is 8.99. The smallest absolute Gasteiger partial charge is 0.313 e. The largest absolute Gasteiger partial charge is 0.348 e. The second-order valence-corrected chi connectivity index (χ2v) is 4.62. The van der Waals surface area contributed by atoms with Crippen LogP contribution in [-0.4, -0.2) is 48.9 Å². The van der Waals surface area contributed by atoms with E-state index >= 15 is 0 Å². The number of amides is 2. The van der Waals surface area contributed by atoms with E-state index in [1.807, 2.05) is 19.0 Å². The Morgan fingerprint density at radius 3 is 2.74 bits per heavy atom. The predicted octanol–water partition coefficient (Wildman–Crippen LogP) is 0.741. The molecule has 2 N–H and O–H groups in total. The molecule has 1 heterocycles. The van der Waals surface area contributed by atoms with Crippen LogP contribution in [0.2, 0.25) is 5.15 Å². The molecule has 0 unspecified atom stereocenters. The lowest BCUT2D eigenvalue weighted by Crippen LogP contribution is -2.36. The first-order valence-corrected chi connectivity index (χ1v) is 6.22. The molecular formula is C12H17ClN4O2. The van der Waals surface area contributed by atoms with Crippen LogP contribution >= 0.6 is 11.6 Å². The molecule has 0 radical (unpaired) electrons. The normalized spacial score (nSPS) is 10.3. The lowest BCUT2D eigenvalue weighted by Gasteiger charge is -2.10. The highest BCUT2D eigenvalue weighted by Gasteiger charge is 2.13. The van der Waals surface area contributed by atoms with Gasteiger partial charge in [0.15, 0.2) is 0 Å². The molecule has 1 aromatic rings. The fourth-order valence-electron chi connectivity index (χ4n) is 1.35. The van der Waals surface area contributed by atoms with Crippen LogP contribution in [0.3, 0.4) is 0 Å². The van der Waals surface area contributed by atoms with Gasteiger partial charge in [-0.3, -0.25) is 9.59 Å². The van der Waals surface area contributed by atoms with Crippen molar-refractivity contribution in [1.82, 2.24) is 15.2 Å². The summed E-state index contributed by atoms with van der Waals surface area (Å²) in [6.07, 6.45) is 2.24. The lowest BCUT2D eigenvalue weighted by atomic mass is 10.3. The molecule has 0 fully saturated rings. The molecule has 0 atom stereocenters. The summed E-state index contributed by atoms with van der Waals surface area (Å²) in [4.78, 5) is 28.8. The highest BCUT2D eigenvalue weighted by Crippen LogP contribution is 2.11. The maximum absolute atomic E-state index is 11.6. The Morgan fingerprint density at radius 1 is 1.37 bits per heavy atom. The van der Waals surface area contributed by atoms with E-state index in [0.717, 1.165) is 13.0 Å². The zero-order chi connectivity index (χ0) is 14.3. The molecule has 0 aromatic carbocycles. The van der Waals surface area contributed by atoms with Crippen molar-refractivity contribution in [3.63, 3.8) is 0 Å². The monoisotopic (exact) mass is 284 g/mol. The van der Waals surface area contributed by atoms with Gasteiger partial charge in [0.05, 0.1) is 0 Å². The quantitative estimate of drug-likeness (QED) is 0.475. The Kier molecular flexibility index (Phi) is 6.24. The molecule has 2 amide bonds. The van der Waals surface area contributed by atoms with E-state index in [9.17, 15) is 9.59 Å². The fraction of sp³-hybridized carbons (Fsp3) is 0.417. The van der Waals surface area contributed by atoms with Gasteiger partial charge in [-0.2, -0.15) is 0 Å². The van der Waals surface area contributed by atoms with Gasteiger partial charge >= 0.3 is 11.8 Å². The Hall–Kier alpha value is -1.66. The second-order valence-electron chi connectivity index (χ2n) is 4.23. The molecular weight excluding hydrogens is 268 g/mol. The molecule has 0 aliphatic rings. The average molecular weight is 285 g/mol. The van der Waals surface area contributed by atoms with Crippen molar-refractivity contribution in [3.8, 4) is 0 Å². The van der Waals surface area contributed by atoms with Crippen LogP contribution in [0.4, 0.5) is 5.69 Å². The second kappa shape index (κ2) is 7.70. The van der Waals surface area contributed by atoms with Crippen LogP contribution < -0.4 is 10.6 Å². The van der Waals surface area contributed by atoms with Crippen molar-refractivity contribution in [1.29, 1.82) is 0 Å². The molecule has 6 nitrogen and oxygen atoms in total. The fourth-order valence-corrected chi connectivity index (χ4v) is 1.52. The number of rotatable bonds is 5. The van der Waals surface area contributed by atoms with Crippen molar-refractivity contribution >= 4 is 29.1 Å². The SMILES string of the molecule is CN(C)CCCNC(=O)C(=O)Nc1ccnc(Cl)c1. The topological polar surface area (TPSA) is 74.3 Å². The van der Waals surface area contributed by atoms with Crippen LogP contribution in [-0.2, 0) is 9.59 Å². The van der Waals surface area contributed by atoms with E-state index in [1.54, 1.807) is 6.07 Å². The number of nitrogens with one attached hydrogen (secondary N) is 2. The van der Waals surface area contributed by atoms with Crippen LogP contribution in [0.25, 0.3) is 0 Å². The van der Waals surface area contributed by atoms with Crippen LogP contribution in [0.5, 0.6) is 0 Å². The lowest BCUT2D eigenvalue weighted by molar-refractivity contribution is -0.136. The third-order valence-corrected chi connectivity index (χ3v) is 2.47. The number of hydrogen-bond acceptors (Lipinski definition) is 4. The third kappa shape index (κ3) is 6.17. The van der Waals surface area contributed by atoms with Crippen LogP contribution in [0, 0.1) is 0 Å². The zero-order valence-corrected chi connectivity index (χ0v) is 11.7. The van der Waals surface area contributed by atoms with Gasteiger partial charge in [0.1, 0.15) is 5.15 Å². The van der Waals surface area contributed by atoms with Crippen molar-refractivity contribution in [2.24, 2.45) is 0 Å². The minimum atomic E-state index is -0.716. The van der Waals surface area contributed by atoms with E-state index in [2.05, 4.69) is 15.6 Å². The first-order valence-electron chi connectivity index (χ1n) is 5.84. The Bertz CT molecular complexity index is 451. The minimum absolute atomic E-state index is 0.254. The molecule has 0 saturated heterocycles. The van der Waals surface area contributed by atoms with Gasteiger partial charge in [-0.25, -0.2) is 4.98 Å². The molecule has 1 rings (SSSR count). The van der Waals surface area contributed by atoms with E-state index in [0.29, 0.717) is 12.2 Å².